The second-order valence-electron chi connectivity index (χ2n) is 8.63. The van der Waals surface area contributed by atoms with E-state index in [9.17, 15) is 13.9 Å². The Hall–Kier alpha value is -3.69. The van der Waals surface area contributed by atoms with Crippen LogP contribution >= 0.6 is 0 Å². The third kappa shape index (κ3) is 4.33. The molecule has 8 nitrogen and oxygen atoms in total. The van der Waals surface area contributed by atoms with Crippen LogP contribution in [-0.4, -0.2) is 49.6 Å². The van der Waals surface area contributed by atoms with Crippen molar-refractivity contribution in [3.8, 4) is 34.6 Å². The van der Waals surface area contributed by atoms with Crippen LogP contribution in [0.5, 0.6) is 17.5 Å². The van der Waals surface area contributed by atoms with Crippen LogP contribution in [0.3, 0.4) is 0 Å². The number of nitrogens with zero attached hydrogens (tertiary/aromatic N) is 5. The van der Waals surface area contributed by atoms with E-state index in [4.69, 9.17) is 9.47 Å². The number of fused-ring (bicyclic) bond motifs is 1. The Morgan fingerprint density at radius 2 is 1.97 bits per heavy atom. The molecule has 4 rings (SSSR count). The van der Waals surface area contributed by atoms with E-state index in [1.54, 1.807) is 22.9 Å². The molecule has 0 amide bonds. The molecule has 4 aromatic rings. The van der Waals surface area contributed by atoms with Gasteiger partial charge in [0.25, 0.3) is 12.3 Å². The van der Waals surface area contributed by atoms with Crippen molar-refractivity contribution in [3.05, 3.63) is 42.4 Å². The first-order chi connectivity index (χ1) is 15.6. The minimum absolute atomic E-state index is 0.0366. The number of pyridine rings is 2. The minimum Gasteiger partial charge on any atom is -0.494 e. The molecule has 0 atom stereocenters. The minimum atomic E-state index is -2.63. The monoisotopic (exact) mass is 457 g/mol. The van der Waals surface area contributed by atoms with Crippen LogP contribution in [-0.2, 0) is 5.54 Å². The van der Waals surface area contributed by atoms with Gasteiger partial charge in [0, 0.05) is 30.2 Å². The SMILES string of the molecule is COc1ncc(-c2cc(C)c3c(O)n(-c4ccn(C(C)(C)C)n4)cc3n2)cc1OCC(F)F. The van der Waals surface area contributed by atoms with E-state index in [-0.39, 0.29) is 23.0 Å². The maximum atomic E-state index is 12.6. The first-order valence-electron chi connectivity index (χ1n) is 10.3. The van der Waals surface area contributed by atoms with E-state index in [1.165, 1.54) is 13.3 Å². The summed E-state index contributed by atoms with van der Waals surface area (Å²) in [5.41, 5.74) is 2.25. The topological polar surface area (TPSA) is 87.2 Å². The van der Waals surface area contributed by atoms with E-state index in [0.29, 0.717) is 28.0 Å². The average Bonchev–Trinajstić information content (AvgIpc) is 3.37. The lowest BCUT2D eigenvalue weighted by Crippen LogP contribution is -2.22. The van der Waals surface area contributed by atoms with Crippen molar-refractivity contribution in [1.82, 2.24) is 24.3 Å². The number of hydrogen-bond donors (Lipinski definition) is 1. The molecule has 0 aliphatic heterocycles. The highest BCUT2D eigenvalue weighted by Crippen LogP contribution is 2.35. The van der Waals surface area contributed by atoms with Gasteiger partial charge < -0.3 is 14.6 Å². The zero-order chi connectivity index (χ0) is 23.9. The van der Waals surface area contributed by atoms with Crippen LogP contribution in [0.4, 0.5) is 8.78 Å². The van der Waals surface area contributed by atoms with Gasteiger partial charge in [0.05, 0.1) is 29.2 Å². The van der Waals surface area contributed by atoms with Crippen molar-refractivity contribution in [2.24, 2.45) is 0 Å². The maximum absolute atomic E-state index is 12.6. The molecule has 4 heterocycles. The predicted octanol–water partition coefficient (Wildman–Crippen LogP) is 4.71. The third-order valence-corrected chi connectivity index (χ3v) is 5.13. The molecule has 0 aliphatic carbocycles. The molecular weight excluding hydrogens is 432 g/mol. The van der Waals surface area contributed by atoms with Gasteiger partial charge in [-0.05, 0) is 45.4 Å². The fourth-order valence-corrected chi connectivity index (χ4v) is 3.51. The highest BCUT2D eigenvalue weighted by molar-refractivity contribution is 5.90. The Balaban J connectivity index is 1.77. The zero-order valence-electron chi connectivity index (χ0n) is 19.0. The highest BCUT2D eigenvalue weighted by atomic mass is 19.3. The Morgan fingerprint density at radius 1 is 1.21 bits per heavy atom. The van der Waals surface area contributed by atoms with Gasteiger partial charge in [-0.1, -0.05) is 0 Å². The molecule has 1 N–H and O–H groups in total. The van der Waals surface area contributed by atoms with Crippen LogP contribution in [0.2, 0.25) is 0 Å². The van der Waals surface area contributed by atoms with Crippen LogP contribution in [0, 0.1) is 6.92 Å². The summed E-state index contributed by atoms with van der Waals surface area (Å²) in [6.45, 7) is 7.20. The van der Waals surface area contributed by atoms with Gasteiger partial charge in [0.15, 0.2) is 11.6 Å². The standard InChI is InChI=1S/C23H25F2N5O3/c1-13-8-15(14-9-17(33-12-18(24)25)21(32-5)26-10-14)27-16-11-29(22(31)20(13)16)19-6-7-30(28-19)23(2,3)4/h6-11,18,31H,12H2,1-5H3. The third-order valence-electron chi connectivity index (χ3n) is 5.13. The molecule has 0 saturated heterocycles. The molecule has 0 aliphatic rings. The fraction of sp³-hybridized carbons (Fsp3) is 0.348. The quantitative estimate of drug-likeness (QED) is 0.451. The van der Waals surface area contributed by atoms with Crippen molar-refractivity contribution in [1.29, 1.82) is 0 Å². The zero-order valence-corrected chi connectivity index (χ0v) is 19.0. The molecule has 0 bridgehead atoms. The molecule has 0 spiro atoms. The van der Waals surface area contributed by atoms with Gasteiger partial charge in [0.2, 0.25) is 5.88 Å². The molecule has 4 aromatic heterocycles. The lowest BCUT2D eigenvalue weighted by atomic mass is 10.1. The van der Waals surface area contributed by atoms with E-state index >= 15 is 0 Å². The Bertz CT molecular complexity index is 1310. The molecule has 0 unspecified atom stereocenters. The molecule has 10 heteroatoms. The van der Waals surface area contributed by atoms with Gasteiger partial charge in [-0.15, -0.1) is 0 Å². The Morgan fingerprint density at radius 3 is 2.61 bits per heavy atom. The fourth-order valence-electron chi connectivity index (χ4n) is 3.51. The number of aromatic nitrogens is 5. The summed E-state index contributed by atoms with van der Waals surface area (Å²) in [4.78, 5) is 8.82. The summed E-state index contributed by atoms with van der Waals surface area (Å²) in [5.74, 6) is 0.808. The van der Waals surface area contributed by atoms with Crippen molar-refractivity contribution in [3.63, 3.8) is 0 Å². The summed E-state index contributed by atoms with van der Waals surface area (Å²) in [6.07, 6.45) is 2.47. The lowest BCUT2D eigenvalue weighted by molar-refractivity contribution is 0.0801. The van der Waals surface area contributed by atoms with Gasteiger partial charge in [-0.25, -0.2) is 18.7 Å². The summed E-state index contributed by atoms with van der Waals surface area (Å²) in [7, 11) is 1.39. The normalized spacial score (nSPS) is 12.0. The smallest absolute Gasteiger partial charge is 0.272 e. The maximum Gasteiger partial charge on any atom is 0.272 e. The van der Waals surface area contributed by atoms with E-state index < -0.39 is 13.0 Å². The number of alkyl halides is 2. The Kier molecular flexibility index (Phi) is 5.69. The summed E-state index contributed by atoms with van der Waals surface area (Å²) < 4.78 is 38.9. The largest absolute Gasteiger partial charge is 0.494 e. The van der Waals surface area contributed by atoms with Crippen molar-refractivity contribution < 1.29 is 23.4 Å². The van der Waals surface area contributed by atoms with E-state index in [2.05, 4.69) is 15.1 Å². The van der Waals surface area contributed by atoms with Crippen LogP contribution in [0.1, 0.15) is 26.3 Å². The second kappa shape index (κ2) is 8.34. The first kappa shape index (κ1) is 22.5. The van der Waals surface area contributed by atoms with Crippen LogP contribution in [0.15, 0.2) is 36.8 Å². The van der Waals surface area contributed by atoms with Gasteiger partial charge in [-0.3, -0.25) is 9.25 Å². The van der Waals surface area contributed by atoms with Gasteiger partial charge >= 0.3 is 0 Å². The molecule has 0 radical (unpaired) electrons. The number of ether oxygens (including phenoxy) is 2. The summed E-state index contributed by atoms with van der Waals surface area (Å²) in [5, 5.41) is 16.1. The Labute approximate surface area is 189 Å². The number of aromatic hydroxyl groups is 1. The summed E-state index contributed by atoms with van der Waals surface area (Å²) in [6, 6.07) is 5.17. The van der Waals surface area contributed by atoms with E-state index in [0.717, 1.165) is 5.56 Å². The first-order valence-corrected chi connectivity index (χ1v) is 10.3. The molecular formula is C23H25F2N5O3. The molecule has 0 saturated carbocycles. The molecule has 0 aromatic carbocycles. The van der Waals surface area contributed by atoms with Crippen molar-refractivity contribution in [2.45, 2.75) is 39.7 Å². The highest BCUT2D eigenvalue weighted by Gasteiger charge is 2.20. The summed E-state index contributed by atoms with van der Waals surface area (Å²) >= 11 is 0. The van der Waals surface area contributed by atoms with Crippen molar-refractivity contribution >= 4 is 10.9 Å². The lowest BCUT2D eigenvalue weighted by Gasteiger charge is -2.18. The van der Waals surface area contributed by atoms with Crippen LogP contribution < -0.4 is 9.47 Å². The predicted molar refractivity (Wildman–Crippen MR) is 120 cm³/mol. The number of aryl methyl sites for hydroxylation is 1. The van der Waals surface area contributed by atoms with E-state index in [1.807, 2.05) is 44.6 Å². The van der Waals surface area contributed by atoms with Crippen molar-refractivity contribution in [2.75, 3.05) is 13.7 Å². The number of halogens is 2. The number of rotatable bonds is 6. The molecule has 33 heavy (non-hydrogen) atoms. The van der Waals surface area contributed by atoms with Gasteiger partial charge in [-0.2, -0.15) is 5.10 Å². The molecule has 0 fully saturated rings. The number of hydrogen-bond acceptors (Lipinski definition) is 6. The second-order valence-corrected chi connectivity index (χ2v) is 8.63. The number of methoxy groups -OCH3 is 1. The van der Waals surface area contributed by atoms with Gasteiger partial charge in [0.1, 0.15) is 6.61 Å². The average molecular weight is 457 g/mol. The molecule has 174 valence electrons. The van der Waals surface area contributed by atoms with Crippen LogP contribution in [0.25, 0.3) is 28.0 Å².